The number of aryl methyl sites for hydroxylation is 1. The number of rotatable bonds is 6. The van der Waals surface area contributed by atoms with Gasteiger partial charge in [-0.15, -0.1) is 0 Å². The van der Waals surface area contributed by atoms with Crippen molar-refractivity contribution in [1.29, 1.82) is 5.26 Å². The molecule has 2 aromatic rings. The summed E-state index contributed by atoms with van der Waals surface area (Å²) in [5.41, 5.74) is 6.27. The molecule has 1 N–H and O–H groups in total. The second kappa shape index (κ2) is 9.53. The molecule has 31 heavy (non-hydrogen) atoms. The molecule has 1 atom stereocenters. The van der Waals surface area contributed by atoms with E-state index in [2.05, 4.69) is 46.8 Å². The molecular formula is C26H31FN4. The Morgan fingerprint density at radius 1 is 1.23 bits per heavy atom. The van der Waals surface area contributed by atoms with E-state index in [9.17, 15) is 4.39 Å². The first-order valence-corrected chi connectivity index (χ1v) is 11.2. The van der Waals surface area contributed by atoms with Gasteiger partial charge < -0.3 is 10.2 Å². The van der Waals surface area contributed by atoms with Crippen molar-refractivity contribution < 1.29 is 4.39 Å². The van der Waals surface area contributed by atoms with Crippen LogP contribution >= 0.6 is 0 Å². The minimum Gasteiger partial charge on any atom is -0.387 e. The van der Waals surface area contributed by atoms with Crippen molar-refractivity contribution in [3.63, 3.8) is 0 Å². The molecular weight excluding hydrogens is 387 g/mol. The van der Waals surface area contributed by atoms with Gasteiger partial charge in [0.25, 0.3) is 0 Å². The highest BCUT2D eigenvalue weighted by Gasteiger charge is 2.24. The summed E-state index contributed by atoms with van der Waals surface area (Å²) in [6.07, 6.45) is 3.19. The first-order valence-electron chi connectivity index (χ1n) is 11.2. The summed E-state index contributed by atoms with van der Waals surface area (Å²) in [4.78, 5) is 4.58. The fraction of sp³-hybridized carbons (Fsp3) is 0.423. The molecule has 162 valence electrons. The van der Waals surface area contributed by atoms with E-state index in [1.807, 2.05) is 6.07 Å². The van der Waals surface area contributed by atoms with Gasteiger partial charge in [0.2, 0.25) is 0 Å². The van der Waals surface area contributed by atoms with E-state index in [0.29, 0.717) is 17.2 Å². The van der Waals surface area contributed by atoms with Gasteiger partial charge in [-0.2, -0.15) is 5.26 Å². The van der Waals surface area contributed by atoms with Crippen molar-refractivity contribution in [2.75, 3.05) is 37.6 Å². The molecule has 2 aromatic carbocycles. The average molecular weight is 419 g/mol. The molecule has 2 aliphatic rings. The molecule has 0 spiro atoms. The van der Waals surface area contributed by atoms with Crippen molar-refractivity contribution in [3.05, 3.63) is 76.7 Å². The Bertz CT molecular complexity index is 993. The van der Waals surface area contributed by atoms with Gasteiger partial charge in [-0.3, -0.25) is 4.90 Å². The molecule has 0 aromatic heterocycles. The summed E-state index contributed by atoms with van der Waals surface area (Å²) < 4.78 is 14.4. The minimum atomic E-state index is -0.321. The Hall–Kier alpha value is -2.84. The summed E-state index contributed by atoms with van der Waals surface area (Å²) >= 11 is 0. The predicted molar refractivity (Wildman–Crippen MR) is 123 cm³/mol. The van der Waals surface area contributed by atoms with Gasteiger partial charge >= 0.3 is 0 Å². The topological polar surface area (TPSA) is 42.3 Å². The third kappa shape index (κ3) is 5.08. The molecule has 0 amide bonds. The standard InChI is InChI=1S/C26H31FN4/c1-19-5-7-24-17-30(12-9-22(24)14-19)13-10-29-20(2)23-4-3-11-31(18-23)26-8-6-21(16-28)15-25(26)27/h5-8,14-15,23,29H,2-4,9-13,17-18H2,1H3. The molecule has 0 radical (unpaired) electrons. The van der Waals surface area contributed by atoms with Crippen LogP contribution in [-0.4, -0.2) is 37.6 Å². The molecule has 1 saturated heterocycles. The molecule has 4 rings (SSSR count). The first kappa shape index (κ1) is 21.4. The van der Waals surface area contributed by atoms with Gasteiger partial charge in [0, 0.05) is 50.9 Å². The maximum Gasteiger partial charge on any atom is 0.147 e. The van der Waals surface area contributed by atoms with E-state index in [0.717, 1.165) is 64.2 Å². The number of nitrogens with one attached hydrogen (secondary N) is 1. The number of piperidine rings is 1. The second-order valence-corrected chi connectivity index (χ2v) is 8.81. The number of nitrogens with zero attached hydrogens (tertiary/aromatic N) is 3. The van der Waals surface area contributed by atoms with Crippen molar-refractivity contribution in [2.45, 2.75) is 32.7 Å². The lowest BCUT2D eigenvalue weighted by Crippen LogP contribution is -2.40. The average Bonchev–Trinajstić information content (AvgIpc) is 2.79. The van der Waals surface area contributed by atoms with Gasteiger partial charge in [0.15, 0.2) is 0 Å². The van der Waals surface area contributed by atoms with Crippen molar-refractivity contribution in [1.82, 2.24) is 10.2 Å². The maximum absolute atomic E-state index is 14.4. The maximum atomic E-state index is 14.4. The number of hydrogen-bond donors (Lipinski definition) is 1. The van der Waals surface area contributed by atoms with Crippen LogP contribution < -0.4 is 10.2 Å². The van der Waals surface area contributed by atoms with E-state index in [-0.39, 0.29) is 5.82 Å². The van der Waals surface area contributed by atoms with Gasteiger partial charge in [0.1, 0.15) is 5.82 Å². The third-order valence-electron chi connectivity index (χ3n) is 6.56. The van der Waals surface area contributed by atoms with Crippen molar-refractivity contribution in [2.24, 2.45) is 5.92 Å². The molecule has 4 nitrogen and oxygen atoms in total. The van der Waals surface area contributed by atoms with Crippen LogP contribution in [0.25, 0.3) is 0 Å². The van der Waals surface area contributed by atoms with Crippen LogP contribution in [-0.2, 0) is 13.0 Å². The van der Waals surface area contributed by atoms with Gasteiger partial charge in [-0.25, -0.2) is 4.39 Å². The summed E-state index contributed by atoms with van der Waals surface area (Å²) in [5.74, 6) is -0.0207. The SMILES string of the molecule is C=C(NCCN1CCc2cc(C)ccc2C1)C1CCCN(c2ccc(C#N)cc2F)C1. The number of halogens is 1. The van der Waals surface area contributed by atoms with Crippen LogP contribution in [0.3, 0.4) is 0 Å². The Labute approximate surface area is 185 Å². The molecule has 0 aliphatic carbocycles. The Balaban J connectivity index is 1.27. The zero-order valence-electron chi connectivity index (χ0n) is 18.3. The third-order valence-corrected chi connectivity index (χ3v) is 6.56. The molecule has 5 heteroatoms. The number of hydrogen-bond acceptors (Lipinski definition) is 4. The Morgan fingerprint density at radius 3 is 2.90 bits per heavy atom. The molecule has 1 unspecified atom stereocenters. The fourth-order valence-corrected chi connectivity index (χ4v) is 4.76. The lowest BCUT2D eigenvalue weighted by molar-refractivity contribution is 0.255. The zero-order chi connectivity index (χ0) is 21.8. The Kier molecular flexibility index (Phi) is 6.58. The van der Waals surface area contributed by atoms with Crippen LogP contribution in [0.1, 0.15) is 35.1 Å². The lowest BCUT2D eigenvalue weighted by Gasteiger charge is -2.36. The van der Waals surface area contributed by atoms with Gasteiger partial charge in [0.05, 0.1) is 17.3 Å². The molecule has 0 saturated carbocycles. The van der Waals surface area contributed by atoms with Crippen LogP contribution in [0.15, 0.2) is 48.7 Å². The molecule has 1 fully saturated rings. The first-order chi connectivity index (χ1) is 15.0. The number of fused-ring (bicyclic) bond motifs is 1. The highest BCUT2D eigenvalue weighted by Crippen LogP contribution is 2.28. The smallest absolute Gasteiger partial charge is 0.147 e. The Morgan fingerprint density at radius 2 is 2.10 bits per heavy atom. The van der Waals surface area contributed by atoms with E-state index in [4.69, 9.17) is 5.26 Å². The van der Waals surface area contributed by atoms with Gasteiger partial charge in [-0.05, 0) is 55.5 Å². The van der Waals surface area contributed by atoms with E-state index < -0.39 is 0 Å². The zero-order valence-corrected chi connectivity index (χ0v) is 18.3. The van der Waals surface area contributed by atoms with E-state index in [1.54, 1.807) is 12.1 Å². The molecule has 2 aliphatic heterocycles. The highest BCUT2D eigenvalue weighted by molar-refractivity contribution is 5.51. The minimum absolute atomic E-state index is 0.300. The highest BCUT2D eigenvalue weighted by atomic mass is 19.1. The predicted octanol–water partition coefficient (Wildman–Crippen LogP) is 4.38. The monoisotopic (exact) mass is 418 g/mol. The van der Waals surface area contributed by atoms with Crippen LogP contribution in [0.2, 0.25) is 0 Å². The lowest BCUT2D eigenvalue weighted by atomic mass is 9.94. The normalized spacial score (nSPS) is 18.9. The van der Waals surface area contributed by atoms with Crippen LogP contribution in [0.5, 0.6) is 0 Å². The quantitative estimate of drug-likeness (QED) is 0.756. The van der Waals surface area contributed by atoms with Crippen LogP contribution in [0, 0.1) is 30.0 Å². The van der Waals surface area contributed by atoms with Crippen molar-refractivity contribution in [3.8, 4) is 6.07 Å². The van der Waals surface area contributed by atoms with Crippen molar-refractivity contribution >= 4 is 5.69 Å². The summed E-state index contributed by atoms with van der Waals surface area (Å²) in [6, 6.07) is 13.5. The van der Waals surface area contributed by atoms with Crippen LogP contribution in [0.4, 0.5) is 10.1 Å². The summed E-state index contributed by atoms with van der Waals surface area (Å²) in [7, 11) is 0. The molecule has 0 bridgehead atoms. The largest absolute Gasteiger partial charge is 0.387 e. The molecule has 2 heterocycles. The second-order valence-electron chi connectivity index (χ2n) is 8.81. The van der Waals surface area contributed by atoms with E-state index in [1.165, 1.54) is 22.8 Å². The summed E-state index contributed by atoms with van der Waals surface area (Å²) in [5, 5.41) is 12.5. The number of nitriles is 1. The number of benzene rings is 2. The van der Waals surface area contributed by atoms with Gasteiger partial charge in [-0.1, -0.05) is 30.3 Å². The van der Waals surface area contributed by atoms with E-state index >= 15 is 0 Å². The fourth-order valence-electron chi connectivity index (χ4n) is 4.76. The number of anilines is 1. The summed E-state index contributed by atoms with van der Waals surface area (Å²) in [6.45, 7) is 12.0.